The van der Waals surface area contributed by atoms with Gasteiger partial charge in [0.05, 0.1) is 48.5 Å². The molecule has 0 atom stereocenters. The molecule has 14 nitrogen and oxygen atoms in total. The Morgan fingerprint density at radius 3 is 1.44 bits per heavy atom. The van der Waals surface area contributed by atoms with Crippen molar-refractivity contribution in [3.63, 3.8) is 0 Å². The fourth-order valence-corrected chi connectivity index (χ4v) is 5.96. The molecule has 48 heavy (non-hydrogen) atoms. The monoisotopic (exact) mass is 680 g/mol. The van der Waals surface area contributed by atoms with Crippen LogP contribution in [0.2, 0.25) is 0 Å². The van der Waals surface area contributed by atoms with Crippen molar-refractivity contribution in [3.8, 4) is 34.0 Å². The Labute approximate surface area is 283 Å². The molecule has 16 heteroatoms. The van der Waals surface area contributed by atoms with Crippen LogP contribution in [-0.4, -0.2) is 78.0 Å². The lowest BCUT2D eigenvalue weighted by Gasteiger charge is -2.14. The molecular formula is C32H28N10O4S2. The van der Waals surface area contributed by atoms with Gasteiger partial charge >= 0.3 is 0 Å². The Morgan fingerprint density at radius 2 is 1.04 bits per heavy atom. The molecule has 0 saturated carbocycles. The van der Waals surface area contributed by atoms with E-state index in [1.54, 1.807) is 21.5 Å². The fourth-order valence-electron chi connectivity index (χ4n) is 4.58. The van der Waals surface area contributed by atoms with Crippen LogP contribution in [0.1, 0.15) is 0 Å². The maximum Gasteiger partial charge on any atom is 0.234 e. The zero-order valence-corrected chi connectivity index (χ0v) is 27.3. The number of tetrazole rings is 2. The van der Waals surface area contributed by atoms with Crippen LogP contribution in [0, 0.1) is 0 Å². The van der Waals surface area contributed by atoms with Gasteiger partial charge in [0, 0.05) is 0 Å². The van der Waals surface area contributed by atoms with E-state index < -0.39 is 0 Å². The summed E-state index contributed by atoms with van der Waals surface area (Å²) in [6, 6.07) is 29.8. The minimum atomic E-state index is -0.245. The molecule has 0 unspecified atom stereocenters. The average Bonchev–Trinajstić information content (AvgIpc) is 3.81. The highest BCUT2D eigenvalue weighted by Crippen LogP contribution is 2.35. The summed E-state index contributed by atoms with van der Waals surface area (Å²) in [5.41, 5.74) is 4.27. The van der Waals surface area contributed by atoms with Crippen molar-refractivity contribution in [1.82, 2.24) is 40.4 Å². The van der Waals surface area contributed by atoms with Crippen molar-refractivity contribution in [2.75, 3.05) is 36.4 Å². The molecule has 2 amide bonds. The zero-order valence-electron chi connectivity index (χ0n) is 25.7. The molecule has 0 aliphatic heterocycles. The van der Waals surface area contributed by atoms with Crippen molar-refractivity contribution in [3.05, 3.63) is 97.1 Å². The second kappa shape index (κ2) is 15.2. The van der Waals surface area contributed by atoms with Crippen molar-refractivity contribution in [2.24, 2.45) is 0 Å². The van der Waals surface area contributed by atoms with Crippen molar-refractivity contribution in [1.29, 1.82) is 0 Å². The van der Waals surface area contributed by atoms with E-state index in [-0.39, 0.29) is 23.3 Å². The number of thioether (sulfide) groups is 2. The molecule has 0 fully saturated rings. The average molecular weight is 681 g/mol. The first-order valence-corrected chi connectivity index (χ1v) is 16.4. The topological polar surface area (TPSA) is 164 Å². The van der Waals surface area contributed by atoms with Crippen molar-refractivity contribution >= 4 is 46.7 Å². The molecule has 0 aliphatic carbocycles. The first-order chi connectivity index (χ1) is 23.5. The Morgan fingerprint density at radius 1 is 0.625 bits per heavy atom. The van der Waals surface area contributed by atoms with Gasteiger partial charge in [0.25, 0.3) is 0 Å². The van der Waals surface area contributed by atoms with Crippen LogP contribution < -0.4 is 20.1 Å². The molecular weight excluding hydrogens is 653 g/mol. The summed E-state index contributed by atoms with van der Waals surface area (Å²) >= 11 is 2.44. The second-order valence-electron chi connectivity index (χ2n) is 9.92. The maximum absolute atomic E-state index is 12.9. The predicted molar refractivity (Wildman–Crippen MR) is 182 cm³/mol. The lowest BCUT2D eigenvalue weighted by atomic mass is 10.0. The van der Waals surface area contributed by atoms with Gasteiger partial charge in [0.1, 0.15) is 11.5 Å². The predicted octanol–water partition coefficient (Wildman–Crippen LogP) is 4.78. The number of benzene rings is 4. The number of methoxy groups -OCH3 is 2. The molecule has 0 saturated heterocycles. The molecule has 2 aromatic heterocycles. The lowest BCUT2D eigenvalue weighted by Crippen LogP contribution is -2.15. The largest absolute Gasteiger partial charge is 0.495 e. The zero-order chi connectivity index (χ0) is 33.3. The van der Waals surface area contributed by atoms with Gasteiger partial charge in [-0.15, -0.1) is 10.2 Å². The number of amides is 2. The standard InChI is InChI=1S/C32H28N10O4S2/c1-45-27-17-21(13-15-25(27)33-29(43)19-47-31-35-37-39-41(31)23-9-5-3-6-10-23)22-14-16-26(28(18-22)46-2)34-30(44)20-48-32-36-38-40-42(32)24-11-7-4-8-12-24/h3-18H,19-20H2,1-2H3,(H,33,43)(H,34,44). The van der Waals surface area contributed by atoms with Crippen LogP contribution in [0.15, 0.2) is 107 Å². The molecule has 0 aliphatic rings. The fraction of sp³-hybridized carbons (Fsp3) is 0.125. The van der Waals surface area contributed by atoms with Crippen LogP contribution in [0.25, 0.3) is 22.5 Å². The first-order valence-electron chi connectivity index (χ1n) is 14.4. The number of hydrogen-bond acceptors (Lipinski definition) is 12. The van der Waals surface area contributed by atoms with Crippen LogP contribution in [-0.2, 0) is 9.59 Å². The molecule has 242 valence electrons. The number of nitrogens with one attached hydrogen (secondary N) is 2. The molecule has 0 bridgehead atoms. The molecule has 4 aromatic carbocycles. The maximum atomic E-state index is 12.9. The van der Waals surface area contributed by atoms with Crippen molar-refractivity contribution < 1.29 is 19.1 Å². The second-order valence-corrected chi connectivity index (χ2v) is 11.8. The SMILES string of the molecule is COc1cc(-c2ccc(NC(=O)CSc3nnnn3-c3ccccc3)c(OC)c2)ccc1NC(=O)CSc1nnnn1-c1ccccc1. The number of hydrogen-bond donors (Lipinski definition) is 2. The van der Waals surface area contributed by atoms with Crippen LogP contribution >= 0.6 is 23.5 Å². The summed E-state index contributed by atoms with van der Waals surface area (Å²) in [5, 5.41) is 30.4. The molecule has 6 rings (SSSR count). The Hall–Kier alpha value is -5.74. The minimum Gasteiger partial charge on any atom is -0.495 e. The van der Waals surface area contributed by atoms with E-state index in [0.29, 0.717) is 33.2 Å². The highest BCUT2D eigenvalue weighted by atomic mass is 32.2. The van der Waals surface area contributed by atoms with E-state index in [4.69, 9.17) is 9.47 Å². The smallest absolute Gasteiger partial charge is 0.234 e. The third-order valence-corrected chi connectivity index (χ3v) is 8.67. The van der Waals surface area contributed by atoms with Gasteiger partial charge in [-0.2, -0.15) is 9.36 Å². The summed E-state index contributed by atoms with van der Waals surface area (Å²) in [5.74, 6) is 0.642. The Bertz CT molecular complexity index is 1880. The highest BCUT2D eigenvalue weighted by Gasteiger charge is 2.16. The van der Waals surface area contributed by atoms with Gasteiger partial charge in [-0.25, -0.2) is 0 Å². The highest BCUT2D eigenvalue weighted by molar-refractivity contribution is 8.00. The number of carbonyl (C=O) groups excluding carboxylic acids is 2. The van der Waals surface area contributed by atoms with E-state index in [1.807, 2.05) is 84.9 Å². The summed E-state index contributed by atoms with van der Waals surface area (Å²) in [6.07, 6.45) is 0. The number of rotatable bonds is 13. The molecule has 6 aromatic rings. The number of ether oxygens (including phenoxy) is 2. The molecule has 2 heterocycles. The van der Waals surface area contributed by atoms with Crippen LogP contribution in [0.3, 0.4) is 0 Å². The summed E-state index contributed by atoms with van der Waals surface area (Å²) in [6.45, 7) is 0. The van der Waals surface area contributed by atoms with E-state index in [2.05, 4.69) is 41.7 Å². The van der Waals surface area contributed by atoms with Gasteiger partial charge in [0.2, 0.25) is 22.1 Å². The molecule has 0 spiro atoms. The summed E-state index contributed by atoms with van der Waals surface area (Å²) in [7, 11) is 3.07. The first kappa shape index (κ1) is 32.2. The van der Waals surface area contributed by atoms with E-state index in [9.17, 15) is 9.59 Å². The van der Waals surface area contributed by atoms with Crippen LogP contribution in [0.5, 0.6) is 11.5 Å². The van der Waals surface area contributed by atoms with Gasteiger partial charge in [-0.1, -0.05) is 72.1 Å². The van der Waals surface area contributed by atoms with Gasteiger partial charge in [-0.3, -0.25) is 9.59 Å². The number of carbonyl (C=O) groups is 2. The lowest BCUT2D eigenvalue weighted by molar-refractivity contribution is -0.114. The van der Waals surface area contributed by atoms with E-state index in [0.717, 1.165) is 22.5 Å². The summed E-state index contributed by atoms with van der Waals surface area (Å²) in [4.78, 5) is 25.7. The number of para-hydroxylation sites is 2. The number of nitrogens with zero attached hydrogens (tertiary/aromatic N) is 8. The summed E-state index contributed by atoms with van der Waals surface area (Å²) < 4.78 is 14.4. The minimum absolute atomic E-state index is 0.0884. The molecule has 0 radical (unpaired) electrons. The van der Waals surface area contributed by atoms with Crippen LogP contribution in [0.4, 0.5) is 11.4 Å². The number of aromatic nitrogens is 8. The third kappa shape index (κ3) is 7.62. The Balaban J connectivity index is 1.08. The quantitative estimate of drug-likeness (QED) is 0.161. The van der Waals surface area contributed by atoms with E-state index >= 15 is 0 Å². The van der Waals surface area contributed by atoms with Gasteiger partial charge < -0.3 is 20.1 Å². The van der Waals surface area contributed by atoms with Gasteiger partial charge in [0.15, 0.2) is 0 Å². The normalized spacial score (nSPS) is 10.8. The Kier molecular flexibility index (Phi) is 10.2. The molecule has 2 N–H and O–H groups in total. The number of anilines is 2. The van der Waals surface area contributed by atoms with E-state index in [1.165, 1.54) is 37.7 Å². The van der Waals surface area contributed by atoms with Gasteiger partial charge in [-0.05, 0) is 80.5 Å². The van der Waals surface area contributed by atoms with Crippen molar-refractivity contribution in [2.45, 2.75) is 10.3 Å². The third-order valence-electron chi connectivity index (χ3n) is 6.83.